The van der Waals surface area contributed by atoms with Crippen LogP contribution in [0.2, 0.25) is 0 Å². The fourth-order valence-electron chi connectivity index (χ4n) is 2.18. The van der Waals surface area contributed by atoms with Gasteiger partial charge < -0.3 is 14.3 Å². The van der Waals surface area contributed by atoms with Gasteiger partial charge in [-0.1, -0.05) is 30.3 Å². The minimum atomic E-state index is -0.699. The number of hydrogen-bond donors (Lipinski definition) is 1. The summed E-state index contributed by atoms with van der Waals surface area (Å²) >= 11 is 0. The van der Waals surface area contributed by atoms with Crippen molar-refractivity contribution in [2.75, 3.05) is 7.11 Å². The number of fused-ring (bicyclic) bond motifs is 1. The smallest absolute Gasteiger partial charge is 0.134 e. The second-order valence-electron chi connectivity index (χ2n) is 4.37. The molecule has 3 aromatic rings. The lowest BCUT2D eigenvalue weighted by Crippen LogP contribution is -1.98. The summed E-state index contributed by atoms with van der Waals surface area (Å²) in [6.07, 6.45) is 0.899. The molecule has 0 bridgehead atoms. The molecule has 0 aliphatic rings. The maximum atomic E-state index is 10.4. The van der Waals surface area contributed by atoms with Gasteiger partial charge in [-0.2, -0.15) is 0 Å². The normalized spacial score (nSPS) is 12.5. The van der Waals surface area contributed by atoms with Crippen LogP contribution in [-0.4, -0.2) is 12.2 Å². The summed E-state index contributed by atoms with van der Waals surface area (Å²) in [6, 6.07) is 15.1. The number of ether oxygens (including phenoxy) is 1. The van der Waals surface area contributed by atoms with Crippen molar-refractivity contribution in [3.8, 4) is 5.75 Å². The first kappa shape index (κ1) is 11.8. The first-order valence-corrected chi connectivity index (χ1v) is 6.08. The first-order chi connectivity index (χ1) is 9.29. The predicted molar refractivity (Wildman–Crippen MR) is 73.3 cm³/mol. The molecule has 96 valence electrons. The number of furan rings is 1. The molecule has 0 saturated carbocycles. The van der Waals surface area contributed by atoms with Crippen molar-refractivity contribution in [2.24, 2.45) is 0 Å². The van der Waals surface area contributed by atoms with Gasteiger partial charge in [-0.25, -0.2) is 0 Å². The summed E-state index contributed by atoms with van der Waals surface area (Å²) in [6.45, 7) is 0. The highest BCUT2D eigenvalue weighted by Crippen LogP contribution is 2.32. The Hall–Kier alpha value is -2.26. The van der Waals surface area contributed by atoms with E-state index >= 15 is 0 Å². The Morgan fingerprint density at radius 1 is 1.11 bits per heavy atom. The molecule has 0 fully saturated rings. The lowest BCUT2D eigenvalue weighted by Gasteiger charge is -2.09. The van der Waals surface area contributed by atoms with Crippen LogP contribution in [0.25, 0.3) is 11.0 Å². The molecule has 0 saturated heterocycles. The summed E-state index contributed by atoms with van der Waals surface area (Å²) in [5.41, 5.74) is 2.33. The Morgan fingerprint density at radius 3 is 2.63 bits per heavy atom. The molecule has 1 heterocycles. The molecule has 3 heteroatoms. The average molecular weight is 254 g/mol. The predicted octanol–water partition coefficient (Wildman–Crippen LogP) is 3.52. The third-order valence-electron chi connectivity index (χ3n) is 3.22. The van der Waals surface area contributed by atoms with Gasteiger partial charge in [0.15, 0.2) is 0 Å². The van der Waals surface area contributed by atoms with Crippen molar-refractivity contribution in [1.29, 1.82) is 0 Å². The number of methoxy groups -OCH3 is 1. The number of rotatable bonds is 3. The third-order valence-corrected chi connectivity index (χ3v) is 3.22. The van der Waals surface area contributed by atoms with Gasteiger partial charge in [0.25, 0.3) is 0 Å². The zero-order valence-corrected chi connectivity index (χ0v) is 10.5. The Balaban J connectivity index is 2.09. The average Bonchev–Trinajstić information content (AvgIpc) is 2.90. The monoisotopic (exact) mass is 254 g/mol. The summed E-state index contributed by atoms with van der Waals surface area (Å²) in [5.74, 6) is 0.746. The SMILES string of the molecule is COc1ccc2occ([C@@H](O)c3ccccc3)c2c1. The second kappa shape index (κ2) is 4.78. The van der Waals surface area contributed by atoms with E-state index in [9.17, 15) is 5.11 Å². The Bertz CT molecular complexity index is 686. The molecule has 0 spiro atoms. The largest absolute Gasteiger partial charge is 0.497 e. The molecule has 0 radical (unpaired) electrons. The highest BCUT2D eigenvalue weighted by atomic mass is 16.5. The van der Waals surface area contributed by atoms with Crippen LogP contribution in [0.1, 0.15) is 17.2 Å². The van der Waals surface area contributed by atoms with Gasteiger partial charge in [0, 0.05) is 10.9 Å². The molecule has 1 aromatic heterocycles. The Morgan fingerprint density at radius 2 is 1.89 bits per heavy atom. The molecule has 3 nitrogen and oxygen atoms in total. The van der Waals surface area contributed by atoms with Crippen LogP contribution in [0.3, 0.4) is 0 Å². The molecule has 1 atom stereocenters. The summed E-state index contributed by atoms with van der Waals surface area (Å²) in [7, 11) is 1.62. The quantitative estimate of drug-likeness (QED) is 0.777. The molecule has 0 amide bonds. The van der Waals surface area contributed by atoms with Crippen LogP contribution in [0, 0.1) is 0 Å². The molecular formula is C16H14O3. The Labute approximate surface area is 111 Å². The maximum Gasteiger partial charge on any atom is 0.134 e. The minimum absolute atomic E-state index is 0.699. The zero-order valence-electron chi connectivity index (χ0n) is 10.5. The van der Waals surface area contributed by atoms with Crippen molar-refractivity contribution >= 4 is 11.0 Å². The van der Waals surface area contributed by atoms with E-state index in [4.69, 9.17) is 9.15 Å². The Kier molecular flexibility index (Phi) is 2.97. The van der Waals surface area contributed by atoms with Crippen LogP contribution in [0.5, 0.6) is 5.75 Å². The van der Waals surface area contributed by atoms with Gasteiger partial charge in [0.2, 0.25) is 0 Å². The third kappa shape index (κ3) is 2.09. The molecule has 0 unspecified atom stereocenters. The van der Waals surface area contributed by atoms with Crippen molar-refractivity contribution in [2.45, 2.75) is 6.10 Å². The minimum Gasteiger partial charge on any atom is -0.497 e. The van der Waals surface area contributed by atoms with Crippen molar-refractivity contribution in [3.63, 3.8) is 0 Å². The summed E-state index contributed by atoms with van der Waals surface area (Å²) in [5, 5.41) is 11.3. The fraction of sp³-hybridized carbons (Fsp3) is 0.125. The van der Waals surface area contributed by atoms with Crippen molar-refractivity contribution in [3.05, 3.63) is 65.9 Å². The molecular weight excluding hydrogens is 240 g/mol. The van der Waals surface area contributed by atoms with Crippen molar-refractivity contribution in [1.82, 2.24) is 0 Å². The van der Waals surface area contributed by atoms with Crippen LogP contribution in [0.4, 0.5) is 0 Å². The number of aliphatic hydroxyl groups is 1. The molecule has 2 aromatic carbocycles. The molecule has 1 N–H and O–H groups in total. The van der Waals surface area contributed by atoms with E-state index < -0.39 is 6.10 Å². The van der Waals surface area contributed by atoms with Gasteiger partial charge in [0.05, 0.1) is 13.4 Å². The van der Waals surface area contributed by atoms with Crippen LogP contribution in [-0.2, 0) is 0 Å². The van der Waals surface area contributed by atoms with E-state index in [1.807, 2.05) is 48.5 Å². The van der Waals surface area contributed by atoms with E-state index in [0.29, 0.717) is 0 Å². The number of aliphatic hydroxyl groups excluding tert-OH is 1. The van der Waals surface area contributed by atoms with Crippen molar-refractivity contribution < 1.29 is 14.3 Å². The summed E-state index contributed by atoms with van der Waals surface area (Å²) in [4.78, 5) is 0. The van der Waals surface area contributed by atoms with Gasteiger partial charge >= 0.3 is 0 Å². The maximum absolute atomic E-state index is 10.4. The first-order valence-electron chi connectivity index (χ1n) is 6.08. The van der Waals surface area contributed by atoms with E-state index in [-0.39, 0.29) is 0 Å². The topological polar surface area (TPSA) is 42.6 Å². The summed E-state index contributed by atoms with van der Waals surface area (Å²) < 4.78 is 10.7. The highest BCUT2D eigenvalue weighted by molar-refractivity contribution is 5.83. The molecule has 0 aliphatic heterocycles. The lowest BCUT2D eigenvalue weighted by molar-refractivity contribution is 0.220. The molecule has 19 heavy (non-hydrogen) atoms. The van der Waals surface area contributed by atoms with Gasteiger partial charge in [0.1, 0.15) is 17.4 Å². The fourth-order valence-corrected chi connectivity index (χ4v) is 2.18. The van der Waals surface area contributed by atoms with Crippen LogP contribution < -0.4 is 4.74 Å². The van der Waals surface area contributed by atoms with E-state index in [2.05, 4.69) is 0 Å². The van der Waals surface area contributed by atoms with E-state index in [1.165, 1.54) is 0 Å². The number of hydrogen-bond acceptors (Lipinski definition) is 3. The molecule has 3 rings (SSSR count). The lowest BCUT2D eigenvalue weighted by atomic mass is 10.0. The van der Waals surface area contributed by atoms with E-state index in [1.54, 1.807) is 13.4 Å². The van der Waals surface area contributed by atoms with Gasteiger partial charge in [-0.3, -0.25) is 0 Å². The molecule has 0 aliphatic carbocycles. The van der Waals surface area contributed by atoms with Gasteiger partial charge in [-0.05, 0) is 23.8 Å². The van der Waals surface area contributed by atoms with Crippen LogP contribution in [0.15, 0.2) is 59.2 Å². The highest BCUT2D eigenvalue weighted by Gasteiger charge is 2.16. The van der Waals surface area contributed by atoms with Crippen LogP contribution >= 0.6 is 0 Å². The second-order valence-corrected chi connectivity index (χ2v) is 4.37. The standard InChI is InChI=1S/C16H14O3/c1-18-12-7-8-15-13(9-12)14(10-19-15)16(17)11-5-3-2-4-6-11/h2-10,16-17H,1H3/t16-/m0/s1. The zero-order chi connectivity index (χ0) is 13.2. The van der Waals surface area contributed by atoms with Gasteiger partial charge in [-0.15, -0.1) is 0 Å². The van der Waals surface area contributed by atoms with E-state index in [0.717, 1.165) is 27.8 Å². The number of benzene rings is 2.